The summed E-state index contributed by atoms with van der Waals surface area (Å²) in [5.41, 5.74) is -0.228. The molecule has 180 valence electrons. The predicted octanol–water partition coefficient (Wildman–Crippen LogP) is 7.13. The van der Waals surface area contributed by atoms with E-state index in [1.807, 2.05) is 0 Å². The van der Waals surface area contributed by atoms with Crippen LogP contribution in [0.25, 0.3) is 0 Å². The van der Waals surface area contributed by atoms with Crippen LogP contribution in [0, 0.1) is 0 Å². The van der Waals surface area contributed by atoms with E-state index in [1.165, 1.54) is 0 Å². The molecule has 0 radical (unpaired) electrons. The second kappa shape index (κ2) is 8.53. The first-order valence-electron chi connectivity index (χ1n) is 7.23. The first-order valence-corrected chi connectivity index (χ1v) is 9.63. The van der Waals surface area contributed by atoms with Crippen molar-refractivity contribution >= 4 is 49.1 Å². The monoisotopic (exact) mass is 629 g/mol. The van der Waals surface area contributed by atoms with Crippen LogP contribution in [0.4, 0.5) is 57.1 Å². The maximum absolute atomic E-state index is 13.6. The largest absolute Gasteiger partial charge is 0.460 e. The van der Waals surface area contributed by atoms with E-state index in [0.29, 0.717) is 3.79 Å². The van der Waals surface area contributed by atoms with Crippen LogP contribution in [-0.2, 0) is 0 Å². The number of halogens is 15. The Kier molecular flexibility index (Phi) is 7.78. The number of hydrogen-bond donors (Lipinski definition) is 1. The zero-order valence-corrected chi connectivity index (χ0v) is 18.0. The van der Waals surface area contributed by atoms with Gasteiger partial charge in [0, 0.05) is 13.0 Å². The lowest BCUT2D eigenvalue weighted by Crippen LogP contribution is -2.70. The van der Waals surface area contributed by atoms with Gasteiger partial charge in [-0.15, -0.1) is 11.3 Å². The summed E-state index contributed by atoms with van der Waals surface area (Å²) in [6.45, 7) is -1.56. The third-order valence-electron chi connectivity index (χ3n) is 3.62. The van der Waals surface area contributed by atoms with Gasteiger partial charge in [0.2, 0.25) is 0 Å². The molecule has 2 nitrogen and oxygen atoms in total. The number of amides is 1. The molecule has 1 N–H and O–H groups in total. The average molecular weight is 631 g/mol. The molecule has 1 aromatic heterocycles. The number of alkyl halides is 13. The van der Waals surface area contributed by atoms with Crippen molar-refractivity contribution in [2.75, 3.05) is 6.54 Å². The van der Waals surface area contributed by atoms with Crippen LogP contribution < -0.4 is 5.32 Å². The molecule has 0 aromatic carbocycles. The normalized spacial score (nSPS) is 14.7. The molecule has 0 bridgehead atoms. The van der Waals surface area contributed by atoms with Crippen LogP contribution in [-0.4, -0.2) is 48.2 Å². The van der Waals surface area contributed by atoms with E-state index >= 15 is 0 Å². The van der Waals surface area contributed by atoms with Gasteiger partial charge >= 0.3 is 35.8 Å². The van der Waals surface area contributed by atoms with Crippen LogP contribution >= 0.6 is 43.2 Å². The molecule has 0 spiro atoms. The molecule has 0 unspecified atom stereocenters. The summed E-state index contributed by atoms with van der Waals surface area (Å²) in [5, 5.41) is 1.57. The molecule has 0 aliphatic carbocycles. The molecule has 1 aromatic rings. The Bertz CT molecular complexity index is 821. The molecule has 0 saturated heterocycles. The molecule has 1 rings (SSSR count). The fourth-order valence-electron chi connectivity index (χ4n) is 1.88. The molecular formula is C13H6Br2F13NOS. The SMILES string of the molecule is O=C(NCCC(F)(F)C(F)(F)C(F)(F)C(F)(F)C(F)(F)C(F)(F)F)c1cc(Br)sc1Br. The summed E-state index contributed by atoms with van der Waals surface area (Å²) in [7, 11) is 0. The van der Waals surface area contributed by atoms with Gasteiger partial charge in [-0.05, 0) is 37.9 Å². The van der Waals surface area contributed by atoms with E-state index in [4.69, 9.17) is 0 Å². The smallest absolute Gasteiger partial charge is 0.352 e. The Balaban J connectivity index is 3.08. The van der Waals surface area contributed by atoms with E-state index in [0.717, 1.165) is 17.4 Å². The summed E-state index contributed by atoms with van der Waals surface area (Å²) >= 11 is 6.73. The summed E-state index contributed by atoms with van der Waals surface area (Å²) in [5.74, 6) is -38.4. The van der Waals surface area contributed by atoms with E-state index in [2.05, 4.69) is 31.9 Å². The van der Waals surface area contributed by atoms with Crippen molar-refractivity contribution in [2.24, 2.45) is 0 Å². The summed E-state index contributed by atoms with van der Waals surface area (Å²) in [6.07, 6.45) is -9.96. The molecule has 0 saturated carbocycles. The predicted molar refractivity (Wildman–Crippen MR) is 87.5 cm³/mol. The number of hydrogen-bond acceptors (Lipinski definition) is 2. The summed E-state index contributed by atoms with van der Waals surface area (Å²) < 4.78 is 169. The van der Waals surface area contributed by atoms with Gasteiger partial charge in [-0.25, -0.2) is 0 Å². The van der Waals surface area contributed by atoms with Crippen molar-refractivity contribution in [3.63, 3.8) is 0 Å². The van der Waals surface area contributed by atoms with Crippen LogP contribution in [0.3, 0.4) is 0 Å². The summed E-state index contributed by atoms with van der Waals surface area (Å²) in [4.78, 5) is 11.7. The quantitative estimate of drug-likeness (QED) is 0.304. The van der Waals surface area contributed by atoms with Gasteiger partial charge < -0.3 is 5.32 Å². The number of rotatable bonds is 8. The van der Waals surface area contributed by atoms with Gasteiger partial charge in [-0.1, -0.05) is 0 Å². The maximum atomic E-state index is 13.6. The highest BCUT2D eigenvalue weighted by atomic mass is 79.9. The van der Waals surface area contributed by atoms with Crippen molar-refractivity contribution in [3.05, 3.63) is 19.2 Å². The molecule has 18 heteroatoms. The van der Waals surface area contributed by atoms with E-state index in [-0.39, 0.29) is 9.35 Å². The minimum atomic E-state index is -7.94. The Morgan fingerprint density at radius 1 is 0.806 bits per heavy atom. The third-order valence-corrected chi connectivity index (χ3v) is 5.96. The molecule has 1 amide bonds. The van der Waals surface area contributed by atoms with Crippen LogP contribution in [0.15, 0.2) is 13.6 Å². The Morgan fingerprint density at radius 2 is 1.26 bits per heavy atom. The van der Waals surface area contributed by atoms with Gasteiger partial charge in [0.05, 0.1) is 13.1 Å². The minimum absolute atomic E-state index is 0.120. The first kappa shape index (κ1) is 28.3. The maximum Gasteiger partial charge on any atom is 0.460 e. The Hall–Kier alpha value is -0.780. The van der Waals surface area contributed by atoms with Crippen molar-refractivity contribution in [1.29, 1.82) is 0 Å². The van der Waals surface area contributed by atoms with E-state index in [1.54, 1.807) is 5.32 Å². The van der Waals surface area contributed by atoms with Crippen LogP contribution in [0.5, 0.6) is 0 Å². The zero-order chi connectivity index (χ0) is 24.8. The molecule has 1 heterocycles. The number of carbonyl (C=O) groups excluding carboxylic acids is 1. The molecule has 0 aliphatic heterocycles. The standard InChI is InChI=1S/C13H6Br2F13NOS/c14-5-3-4(6(15)31-5)7(30)29-2-1-8(16,17)9(18,19)10(20,21)11(22,23)12(24,25)13(26,27)28/h3H,1-2H2,(H,29,30). The van der Waals surface area contributed by atoms with Crippen molar-refractivity contribution in [2.45, 2.75) is 42.2 Å². The van der Waals surface area contributed by atoms with E-state index in [9.17, 15) is 61.9 Å². The molecule has 31 heavy (non-hydrogen) atoms. The molecule has 0 aliphatic rings. The Labute approximate surface area is 184 Å². The number of thiophene rings is 1. The molecule has 0 atom stereocenters. The van der Waals surface area contributed by atoms with E-state index < -0.39 is 54.7 Å². The lowest BCUT2D eigenvalue weighted by Gasteiger charge is -2.39. The van der Waals surface area contributed by atoms with Gasteiger partial charge in [0.15, 0.2) is 0 Å². The lowest BCUT2D eigenvalue weighted by molar-refractivity contribution is -0.440. The second-order valence-corrected chi connectivity index (χ2v) is 9.49. The Morgan fingerprint density at radius 3 is 1.65 bits per heavy atom. The highest BCUT2D eigenvalue weighted by molar-refractivity contribution is 9.12. The molecule has 0 fully saturated rings. The van der Waals surface area contributed by atoms with Gasteiger partial charge in [0.25, 0.3) is 5.91 Å². The zero-order valence-electron chi connectivity index (χ0n) is 14.0. The van der Waals surface area contributed by atoms with Crippen molar-refractivity contribution < 1.29 is 61.9 Å². The number of carbonyl (C=O) groups is 1. The van der Waals surface area contributed by atoms with Crippen LogP contribution in [0.2, 0.25) is 0 Å². The van der Waals surface area contributed by atoms with Gasteiger partial charge in [0.1, 0.15) is 0 Å². The number of nitrogens with one attached hydrogen (secondary N) is 1. The third kappa shape index (κ3) is 4.79. The molecular weight excluding hydrogens is 625 g/mol. The summed E-state index contributed by atoms with van der Waals surface area (Å²) in [6, 6.07) is 1.13. The van der Waals surface area contributed by atoms with Crippen molar-refractivity contribution in [1.82, 2.24) is 5.32 Å². The highest BCUT2D eigenvalue weighted by Crippen LogP contribution is 2.60. The van der Waals surface area contributed by atoms with Crippen molar-refractivity contribution in [3.8, 4) is 0 Å². The van der Waals surface area contributed by atoms with Gasteiger partial charge in [-0.3, -0.25) is 4.79 Å². The first-order chi connectivity index (χ1) is 13.5. The minimum Gasteiger partial charge on any atom is -0.352 e. The second-order valence-electron chi connectivity index (χ2n) is 5.74. The highest BCUT2D eigenvalue weighted by Gasteiger charge is 2.90. The lowest BCUT2D eigenvalue weighted by atomic mass is 9.92. The fraction of sp³-hybridized carbons (Fsp3) is 0.615. The van der Waals surface area contributed by atoms with Crippen LogP contribution in [0.1, 0.15) is 16.8 Å². The topological polar surface area (TPSA) is 29.1 Å². The van der Waals surface area contributed by atoms with Gasteiger partial charge in [-0.2, -0.15) is 57.1 Å². The fourth-order valence-corrected chi connectivity index (χ4v) is 4.68. The average Bonchev–Trinajstić information content (AvgIpc) is 2.91.